The average Bonchev–Trinajstić information content (AvgIpc) is 2.98. The lowest BCUT2D eigenvalue weighted by molar-refractivity contribution is -0.140. The molecule has 15 heavy (non-hydrogen) atoms. The minimum atomic E-state index is -0.685. The number of halogens is 1. The zero-order valence-electron chi connectivity index (χ0n) is 8.59. The molecule has 2 rings (SSSR count). The second kappa shape index (κ2) is 3.63. The van der Waals surface area contributed by atoms with Gasteiger partial charge in [-0.1, -0.05) is 28.9 Å². The Hall–Kier alpha value is -0.830. The molecule has 1 N–H and O–H groups in total. The maximum Gasteiger partial charge on any atom is 0.314 e. The zero-order chi connectivity index (χ0) is 11.1. The molecule has 0 amide bonds. The summed E-state index contributed by atoms with van der Waals surface area (Å²) in [6.07, 6.45) is 2.43. The van der Waals surface area contributed by atoms with Crippen molar-refractivity contribution in [2.75, 3.05) is 0 Å². The van der Waals surface area contributed by atoms with E-state index in [0.717, 1.165) is 34.9 Å². The molecule has 0 bridgehead atoms. The predicted molar refractivity (Wildman–Crippen MR) is 62.1 cm³/mol. The minimum Gasteiger partial charge on any atom is -0.481 e. The highest BCUT2D eigenvalue weighted by atomic mass is 79.9. The van der Waals surface area contributed by atoms with E-state index in [0.29, 0.717) is 0 Å². The van der Waals surface area contributed by atoms with E-state index >= 15 is 0 Å². The van der Waals surface area contributed by atoms with Crippen molar-refractivity contribution in [3.8, 4) is 0 Å². The zero-order valence-corrected chi connectivity index (χ0v) is 10.2. The van der Waals surface area contributed by atoms with Crippen molar-refractivity contribution in [2.24, 2.45) is 0 Å². The highest BCUT2D eigenvalue weighted by Crippen LogP contribution is 2.50. The lowest BCUT2D eigenvalue weighted by atomic mass is 9.90. The van der Waals surface area contributed by atoms with Crippen molar-refractivity contribution < 1.29 is 9.90 Å². The molecule has 2 nitrogen and oxygen atoms in total. The Kier molecular flexibility index (Phi) is 2.59. The normalized spacial score (nSPS) is 17.5. The van der Waals surface area contributed by atoms with Crippen LogP contribution in [-0.4, -0.2) is 11.1 Å². The highest BCUT2D eigenvalue weighted by molar-refractivity contribution is 9.10. The molecule has 0 radical (unpaired) electrons. The fourth-order valence-corrected chi connectivity index (χ4v) is 2.39. The van der Waals surface area contributed by atoms with Gasteiger partial charge in [-0.05, 0) is 42.5 Å². The first-order valence-electron chi connectivity index (χ1n) is 5.12. The monoisotopic (exact) mass is 268 g/mol. The first kappa shape index (κ1) is 10.7. The molecule has 0 heterocycles. The molecule has 0 unspecified atom stereocenters. The van der Waals surface area contributed by atoms with Crippen LogP contribution in [0.1, 0.15) is 30.9 Å². The van der Waals surface area contributed by atoms with Crippen LogP contribution in [0.15, 0.2) is 22.7 Å². The molecule has 0 saturated heterocycles. The van der Waals surface area contributed by atoms with Gasteiger partial charge in [-0.15, -0.1) is 0 Å². The van der Waals surface area contributed by atoms with Crippen LogP contribution in [-0.2, 0) is 16.6 Å². The van der Waals surface area contributed by atoms with Crippen molar-refractivity contribution in [1.29, 1.82) is 0 Å². The minimum absolute atomic E-state index is 0.588. The molecule has 3 heteroatoms. The molecule has 1 saturated carbocycles. The van der Waals surface area contributed by atoms with Gasteiger partial charge >= 0.3 is 5.97 Å². The predicted octanol–water partition coefficient (Wildman–Crippen LogP) is 3.13. The molecule has 0 spiro atoms. The molecular formula is C12H13BrO2. The molecule has 1 aromatic carbocycles. The Morgan fingerprint density at radius 1 is 1.53 bits per heavy atom. The Balaban J connectivity index is 2.51. The number of carboxylic acid groups (broad SMARTS) is 1. The third kappa shape index (κ3) is 1.69. The first-order valence-corrected chi connectivity index (χ1v) is 5.92. The first-order chi connectivity index (χ1) is 7.10. The summed E-state index contributed by atoms with van der Waals surface area (Å²) in [5, 5.41) is 9.25. The molecule has 0 aromatic heterocycles. The standard InChI is InChI=1S/C12H13BrO2/c1-2-8-3-4-9(13)7-10(8)12(5-6-12)11(14)15/h3-4,7H,2,5-6H2,1H3,(H,14,15). The van der Waals surface area contributed by atoms with E-state index in [1.165, 1.54) is 0 Å². The summed E-state index contributed by atoms with van der Waals surface area (Å²) >= 11 is 3.40. The Morgan fingerprint density at radius 2 is 2.20 bits per heavy atom. The van der Waals surface area contributed by atoms with Crippen molar-refractivity contribution in [3.05, 3.63) is 33.8 Å². The molecule has 1 aliphatic carbocycles. The van der Waals surface area contributed by atoms with Gasteiger partial charge in [0, 0.05) is 4.47 Å². The van der Waals surface area contributed by atoms with Gasteiger partial charge in [-0.2, -0.15) is 0 Å². The third-order valence-corrected chi connectivity index (χ3v) is 3.62. The van der Waals surface area contributed by atoms with Gasteiger partial charge < -0.3 is 5.11 Å². The second-order valence-electron chi connectivity index (χ2n) is 4.04. The molecule has 80 valence electrons. The molecule has 0 atom stereocenters. The van der Waals surface area contributed by atoms with Crippen LogP contribution in [0.2, 0.25) is 0 Å². The highest BCUT2D eigenvalue weighted by Gasteiger charge is 2.52. The van der Waals surface area contributed by atoms with Gasteiger partial charge in [0.25, 0.3) is 0 Å². The van der Waals surface area contributed by atoms with Crippen LogP contribution in [0.4, 0.5) is 0 Å². The topological polar surface area (TPSA) is 37.3 Å². The fourth-order valence-electron chi connectivity index (χ4n) is 2.03. The van der Waals surface area contributed by atoms with Gasteiger partial charge in [-0.25, -0.2) is 0 Å². The molecule has 1 fully saturated rings. The summed E-state index contributed by atoms with van der Waals surface area (Å²) < 4.78 is 0.960. The van der Waals surface area contributed by atoms with Crippen LogP contribution in [0.5, 0.6) is 0 Å². The van der Waals surface area contributed by atoms with Crippen LogP contribution >= 0.6 is 15.9 Å². The lowest BCUT2D eigenvalue weighted by Crippen LogP contribution is -2.21. The molecular weight excluding hydrogens is 256 g/mol. The molecule has 1 aliphatic rings. The van der Waals surface area contributed by atoms with Gasteiger partial charge in [-0.3, -0.25) is 4.79 Å². The largest absolute Gasteiger partial charge is 0.481 e. The summed E-state index contributed by atoms with van der Waals surface area (Å²) in [5.41, 5.74) is 1.56. The quantitative estimate of drug-likeness (QED) is 0.915. The fraction of sp³-hybridized carbons (Fsp3) is 0.417. The summed E-state index contributed by atoms with van der Waals surface area (Å²) in [5.74, 6) is -0.685. The van der Waals surface area contributed by atoms with E-state index in [1.54, 1.807) is 0 Å². The lowest BCUT2D eigenvalue weighted by Gasteiger charge is -2.15. The summed E-state index contributed by atoms with van der Waals surface area (Å²) in [6, 6.07) is 5.95. The third-order valence-electron chi connectivity index (χ3n) is 3.13. The molecule has 1 aromatic rings. The van der Waals surface area contributed by atoms with Crippen molar-refractivity contribution in [2.45, 2.75) is 31.6 Å². The smallest absolute Gasteiger partial charge is 0.314 e. The van der Waals surface area contributed by atoms with Crippen LogP contribution in [0.25, 0.3) is 0 Å². The van der Waals surface area contributed by atoms with Crippen molar-refractivity contribution in [1.82, 2.24) is 0 Å². The number of hydrogen-bond acceptors (Lipinski definition) is 1. The number of rotatable bonds is 3. The second-order valence-corrected chi connectivity index (χ2v) is 4.96. The SMILES string of the molecule is CCc1ccc(Br)cc1C1(C(=O)O)CC1. The van der Waals surface area contributed by atoms with Gasteiger partial charge in [0.15, 0.2) is 0 Å². The summed E-state index contributed by atoms with van der Waals surface area (Å²) in [7, 11) is 0. The Bertz CT molecular complexity index is 408. The van der Waals surface area contributed by atoms with E-state index in [9.17, 15) is 9.90 Å². The average molecular weight is 269 g/mol. The van der Waals surface area contributed by atoms with Crippen molar-refractivity contribution >= 4 is 21.9 Å². The number of benzene rings is 1. The number of carboxylic acids is 1. The Labute approximate surface area is 97.4 Å². The molecule has 0 aliphatic heterocycles. The van der Waals surface area contributed by atoms with E-state index in [4.69, 9.17) is 0 Å². The maximum atomic E-state index is 11.2. The van der Waals surface area contributed by atoms with Gasteiger partial charge in [0.1, 0.15) is 0 Å². The van der Waals surface area contributed by atoms with Crippen LogP contribution in [0, 0.1) is 0 Å². The van der Waals surface area contributed by atoms with E-state index in [-0.39, 0.29) is 0 Å². The summed E-state index contributed by atoms with van der Waals surface area (Å²) in [4.78, 5) is 11.2. The number of hydrogen-bond donors (Lipinski definition) is 1. The van der Waals surface area contributed by atoms with Crippen LogP contribution in [0.3, 0.4) is 0 Å². The van der Waals surface area contributed by atoms with E-state index < -0.39 is 11.4 Å². The summed E-state index contributed by atoms with van der Waals surface area (Å²) in [6.45, 7) is 2.06. The van der Waals surface area contributed by atoms with Crippen molar-refractivity contribution in [3.63, 3.8) is 0 Å². The number of aliphatic carboxylic acids is 1. The number of carbonyl (C=O) groups is 1. The van der Waals surface area contributed by atoms with E-state index in [2.05, 4.69) is 22.9 Å². The number of aryl methyl sites for hydroxylation is 1. The van der Waals surface area contributed by atoms with E-state index in [1.807, 2.05) is 18.2 Å². The van der Waals surface area contributed by atoms with Crippen LogP contribution < -0.4 is 0 Å². The van der Waals surface area contributed by atoms with Gasteiger partial charge in [0.05, 0.1) is 5.41 Å². The van der Waals surface area contributed by atoms with Gasteiger partial charge in [0.2, 0.25) is 0 Å². The Morgan fingerprint density at radius 3 is 2.67 bits per heavy atom. The maximum absolute atomic E-state index is 11.2.